The van der Waals surface area contributed by atoms with Gasteiger partial charge in [0, 0.05) is 0 Å². The van der Waals surface area contributed by atoms with Gasteiger partial charge in [-0.15, -0.1) is 0 Å². The zero-order valence-corrected chi connectivity index (χ0v) is 23.5. The first-order valence-corrected chi connectivity index (χ1v) is 13.2. The Balaban J connectivity index is 2.50. The van der Waals surface area contributed by atoms with Crippen LogP contribution in [0.4, 0.5) is 11.4 Å². The molecule has 0 saturated heterocycles. The van der Waals surface area contributed by atoms with Gasteiger partial charge in [0.2, 0.25) is 0 Å². The third kappa shape index (κ3) is 4.55. The second-order valence-electron chi connectivity index (χ2n) is 12.8. The van der Waals surface area contributed by atoms with Crippen molar-refractivity contribution in [1.29, 1.82) is 0 Å². The van der Waals surface area contributed by atoms with Gasteiger partial charge in [0.1, 0.15) is 0 Å². The van der Waals surface area contributed by atoms with Crippen LogP contribution in [0.5, 0.6) is 0 Å². The molecule has 0 aliphatic heterocycles. The van der Waals surface area contributed by atoms with Crippen LogP contribution in [0.25, 0.3) is 19.3 Å². The molecule has 0 saturated carbocycles. The molecule has 170 valence electrons. The predicted molar refractivity (Wildman–Crippen MR) is 142 cm³/mol. The van der Waals surface area contributed by atoms with Crippen molar-refractivity contribution in [2.75, 3.05) is 9.80 Å². The quantitative estimate of drug-likeness (QED) is 0.341. The Morgan fingerprint density at radius 3 is 1.03 bits per heavy atom. The Hall–Kier alpha value is -1.44. The summed E-state index contributed by atoms with van der Waals surface area (Å²) in [4.78, 5) is 5.25. The Kier molecular flexibility index (Phi) is 5.90. The van der Waals surface area contributed by atoms with E-state index in [0.717, 1.165) is 0 Å². The summed E-state index contributed by atoms with van der Waals surface area (Å²) in [6, 6.07) is 13.9. The zero-order chi connectivity index (χ0) is 23.6. The number of hydrogen-bond acceptors (Lipinski definition) is 2. The fraction of sp³-hybridized carbons (Fsp3) is 0.571. The van der Waals surface area contributed by atoms with Crippen molar-refractivity contribution in [3.05, 3.63) is 36.4 Å². The van der Waals surface area contributed by atoms with E-state index in [0.29, 0.717) is 14.5 Å². The van der Waals surface area contributed by atoms with Crippen molar-refractivity contribution in [2.45, 2.75) is 105 Å². The van der Waals surface area contributed by atoms with Gasteiger partial charge in [-0.3, -0.25) is 0 Å². The van der Waals surface area contributed by atoms with Crippen molar-refractivity contribution in [3.8, 4) is 0 Å². The first-order chi connectivity index (χ1) is 13.9. The third-order valence-corrected chi connectivity index (χ3v) is 7.99. The fourth-order valence-corrected chi connectivity index (χ4v) is 8.07. The minimum absolute atomic E-state index is 0.0197. The summed E-state index contributed by atoms with van der Waals surface area (Å²) >= 11 is 0.333. The molecule has 0 atom stereocenters. The van der Waals surface area contributed by atoms with Gasteiger partial charge in [0.15, 0.2) is 0 Å². The Bertz CT molecular complexity index is 965. The van der Waals surface area contributed by atoms with Crippen LogP contribution in [0.1, 0.15) is 83.1 Å². The van der Waals surface area contributed by atoms with Gasteiger partial charge < -0.3 is 0 Å². The van der Waals surface area contributed by atoms with Crippen molar-refractivity contribution >= 4 is 45.2 Å². The average molecular weight is 486 g/mol. The van der Waals surface area contributed by atoms with Crippen LogP contribution in [0.3, 0.4) is 0 Å². The van der Waals surface area contributed by atoms with Gasteiger partial charge in [-0.25, -0.2) is 0 Å². The van der Waals surface area contributed by atoms with E-state index in [1.807, 2.05) is 0 Å². The van der Waals surface area contributed by atoms with Crippen LogP contribution >= 0.6 is 0 Å². The molecule has 1 aromatic heterocycles. The molecule has 2 nitrogen and oxygen atoms in total. The maximum absolute atomic E-state index is 2.62. The van der Waals surface area contributed by atoms with E-state index in [9.17, 15) is 0 Å². The van der Waals surface area contributed by atoms with Crippen molar-refractivity contribution in [1.82, 2.24) is 0 Å². The topological polar surface area (TPSA) is 6.48 Å². The fourth-order valence-electron chi connectivity index (χ4n) is 5.66. The minimum atomic E-state index is 0.0197. The first-order valence-electron chi connectivity index (χ1n) is 11.5. The van der Waals surface area contributed by atoms with Gasteiger partial charge in [0.25, 0.3) is 0 Å². The first kappa shape index (κ1) is 24.2. The molecule has 3 heteroatoms. The van der Waals surface area contributed by atoms with E-state index in [-0.39, 0.29) is 22.2 Å². The van der Waals surface area contributed by atoms with Crippen molar-refractivity contribution < 1.29 is 0 Å². The Morgan fingerprint density at radius 1 is 0.484 bits per heavy atom. The van der Waals surface area contributed by atoms with E-state index in [1.165, 1.54) is 30.7 Å². The molecule has 0 unspecified atom stereocenters. The molecule has 31 heavy (non-hydrogen) atoms. The molecule has 0 radical (unpaired) electrons. The van der Waals surface area contributed by atoms with Gasteiger partial charge in [-0.05, 0) is 0 Å². The van der Waals surface area contributed by atoms with E-state index in [1.54, 1.807) is 0 Å². The molecule has 0 spiro atoms. The molecule has 3 rings (SSSR count). The molecular formula is C28H42N2Se. The summed E-state index contributed by atoms with van der Waals surface area (Å²) in [5.41, 5.74) is 2.82. The molecule has 2 aromatic carbocycles. The summed E-state index contributed by atoms with van der Waals surface area (Å²) in [7, 11) is 0. The van der Waals surface area contributed by atoms with Gasteiger partial charge in [-0.2, -0.15) is 0 Å². The summed E-state index contributed by atoms with van der Waals surface area (Å²) in [6.45, 7) is 28.0. The van der Waals surface area contributed by atoms with E-state index in [2.05, 4.69) is 129 Å². The third-order valence-electron chi connectivity index (χ3n) is 5.64. The van der Waals surface area contributed by atoms with Crippen LogP contribution in [0.15, 0.2) is 36.4 Å². The number of rotatable bonds is 2. The van der Waals surface area contributed by atoms with Crippen molar-refractivity contribution in [2.24, 2.45) is 0 Å². The molecule has 1 heterocycles. The predicted octanol–water partition coefficient (Wildman–Crippen LogP) is 7.86. The molecule has 0 aliphatic carbocycles. The Labute approximate surface area is 196 Å². The van der Waals surface area contributed by atoms with Gasteiger partial charge in [0.05, 0.1) is 0 Å². The maximum atomic E-state index is 2.62. The van der Waals surface area contributed by atoms with Crippen LogP contribution in [-0.4, -0.2) is 36.7 Å². The molecule has 0 N–H and O–H groups in total. The Morgan fingerprint density at radius 2 is 0.774 bits per heavy atom. The van der Waals surface area contributed by atoms with Crippen molar-refractivity contribution in [3.63, 3.8) is 0 Å². The molecule has 0 aliphatic rings. The summed E-state index contributed by atoms with van der Waals surface area (Å²) in [6.07, 6.45) is 0. The average Bonchev–Trinajstić information content (AvgIpc) is 2.89. The summed E-state index contributed by atoms with van der Waals surface area (Å²) in [5.74, 6) is 0. The SMILES string of the molecule is CC(C)(C)N(c1cccc2[se]c3cccc(N(C(C)(C)C)C(C)(C)C)c3c12)C(C)(C)C. The standard InChI is InChI=1S/C28H42N2Se/c1-25(2,3)29(26(4,5)6)19-15-13-17-21-23(19)24-20(16-14-18-22(24)31-21)30(27(7,8)9)28(10,11)12/h13-18H,1-12H3. The zero-order valence-electron chi connectivity index (χ0n) is 21.8. The number of nitrogens with zero attached hydrogens (tertiary/aromatic N) is 2. The number of anilines is 2. The number of fused-ring (bicyclic) bond motifs is 3. The second kappa shape index (κ2) is 7.56. The molecule has 3 aromatic rings. The second-order valence-corrected chi connectivity index (χ2v) is 15.0. The van der Waals surface area contributed by atoms with Crippen LogP contribution in [0.2, 0.25) is 0 Å². The van der Waals surface area contributed by atoms with Crippen LogP contribution in [0, 0.1) is 0 Å². The monoisotopic (exact) mass is 486 g/mol. The van der Waals surface area contributed by atoms with E-state index in [4.69, 9.17) is 0 Å². The van der Waals surface area contributed by atoms with Crippen LogP contribution < -0.4 is 9.80 Å². The number of hydrogen-bond donors (Lipinski definition) is 0. The normalized spacial score (nSPS) is 13.8. The van der Waals surface area contributed by atoms with Gasteiger partial charge in [-0.1, -0.05) is 0 Å². The molecule has 0 bridgehead atoms. The molecular weight excluding hydrogens is 443 g/mol. The summed E-state index contributed by atoms with van der Waals surface area (Å²) in [5, 5.41) is 2.91. The molecule has 0 amide bonds. The molecule has 0 fully saturated rings. The van der Waals surface area contributed by atoms with Crippen LogP contribution in [-0.2, 0) is 0 Å². The summed E-state index contributed by atoms with van der Waals surface area (Å²) < 4.78 is 3.02. The van der Waals surface area contributed by atoms with Gasteiger partial charge >= 0.3 is 197 Å². The van der Waals surface area contributed by atoms with E-state index < -0.39 is 0 Å². The number of benzene rings is 2. The van der Waals surface area contributed by atoms with E-state index >= 15 is 0 Å².